The van der Waals surface area contributed by atoms with Crippen molar-refractivity contribution in [3.05, 3.63) is 35.9 Å². The monoisotopic (exact) mass is 273 g/mol. The van der Waals surface area contributed by atoms with Crippen LogP contribution < -0.4 is 5.32 Å². The number of Topliss-reactive ketones (excluding diaryl/α,β-unsaturated/α-hetero) is 1. The van der Waals surface area contributed by atoms with Crippen LogP contribution in [0.3, 0.4) is 0 Å². The van der Waals surface area contributed by atoms with E-state index in [1.54, 1.807) is 12.1 Å². The molecule has 1 saturated carbocycles. The third-order valence-electron chi connectivity index (χ3n) is 4.13. The van der Waals surface area contributed by atoms with Crippen molar-refractivity contribution in [2.45, 2.75) is 51.5 Å². The zero-order valence-corrected chi connectivity index (χ0v) is 12.1. The Bertz CT molecular complexity index is 455. The molecule has 1 amide bonds. The number of amides is 1. The molecule has 0 saturated heterocycles. The normalized spacial score (nSPS) is 22.2. The van der Waals surface area contributed by atoms with Crippen molar-refractivity contribution in [1.29, 1.82) is 0 Å². The van der Waals surface area contributed by atoms with Gasteiger partial charge in [-0.3, -0.25) is 9.59 Å². The summed E-state index contributed by atoms with van der Waals surface area (Å²) in [5.74, 6) is 0.600. The topological polar surface area (TPSA) is 46.2 Å². The molecular weight excluding hydrogens is 250 g/mol. The highest BCUT2D eigenvalue weighted by Crippen LogP contribution is 2.23. The van der Waals surface area contributed by atoms with Crippen LogP contribution in [-0.2, 0) is 4.79 Å². The lowest BCUT2D eigenvalue weighted by atomic mass is 9.86. The molecular formula is C17H23NO2. The first-order valence-corrected chi connectivity index (χ1v) is 7.54. The van der Waals surface area contributed by atoms with Crippen LogP contribution in [0.1, 0.15) is 55.8 Å². The van der Waals surface area contributed by atoms with Gasteiger partial charge in [-0.15, -0.1) is 0 Å². The van der Waals surface area contributed by atoms with Gasteiger partial charge in [0.15, 0.2) is 5.78 Å². The van der Waals surface area contributed by atoms with E-state index in [0.717, 1.165) is 6.42 Å². The van der Waals surface area contributed by atoms with Crippen molar-refractivity contribution in [2.24, 2.45) is 5.92 Å². The fraction of sp³-hybridized carbons (Fsp3) is 0.529. The van der Waals surface area contributed by atoms with Crippen LogP contribution in [0.4, 0.5) is 0 Å². The average molecular weight is 273 g/mol. The summed E-state index contributed by atoms with van der Waals surface area (Å²) in [7, 11) is 0. The van der Waals surface area contributed by atoms with Gasteiger partial charge >= 0.3 is 0 Å². The zero-order chi connectivity index (χ0) is 14.4. The Kier molecular flexibility index (Phi) is 5.33. The van der Waals surface area contributed by atoms with Crippen LogP contribution in [0, 0.1) is 5.92 Å². The molecule has 0 heterocycles. The van der Waals surface area contributed by atoms with Gasteiger partial charge in [-0.05, 0) is 18.8 Å². The lowest BCUT2D eigenvalue weighted by Crippen LogP contribution is -2.41. The Balaban J connectivity index is 1.76. The van der Waals surface area contributed by atoms with Gasteiger partial charge in [-0.2, -0.15) is 0 Å². The Morgan fingerprint density at radius 3 is 2.50 bits per heavy atom. The highest BCUT2D eigenvalue weighted by Gasteiger charge is 2.22. The number of ketones is 1. The Morgan fingerprint density at radius 2 is 1.80 bits per heavy atom. The second kappa shape index (κ2) is 7.22. The van der Waals surface area contributed by atoms with Gasteiger partial charge in [0.2, 0.25) is 5.91 Å². The zero-order valence-electron chi connectivity index (χ0n) is 12.1. The number of carbonyl (C=O) groups excluding carboxylic acids is 2. The van der Waals surface area contributed by atoms with Crippen LogP contribution in [0.2, 0.25) is 0 Å². The van der Waals surface area contributed by atoms with E-state index >= 15 is 0 Å². The van der Waals surface area contributed by atoms with Crippen LogP contribution in [0.5, 0.6) is 0 Å². The first-order chi connectivity index (χ1) is 9.66. The van der Waals surface area contributed by atoms with Crippen LogP contribution in [-0.4, -0.2) is 17.7 Å². The summed E-state index contributed by atoms with van der Waals surface area (Å²) in [6.45, 7) is 2.19. The van der Waals surface area contributed by atoms with E-state index in [1.807, 2.05) is 18.2 Å². The molecule has 1 aliphatic rings. The van der Waals surface area contributed by atoms with Crippen molar-refractivity contribution in [3.8, 4) is 0 Å². The van der Waals surface area contributed by atoms with E-state index in [2.05, 4.69) is 12.2 Å². The summed E-state index contributed by atoms with van der Waals surface area (Å²) in [5, 5.41) is 3.08. The molecule has 3 nitrogen and oxygen atoms in total. The summed E-state index contributed by atoms with van der Waals surface area (Å²) in [4.78, 5) is 23.9. The first-order valence-electron chi connectivity index (χ1n) is 7.54. The minimum Gasteiger partial charge on any atom is -0.353 e. The molecule has 2 rings (SSSR count). The average Bonchev–Trinajstić information content (AvgIpc) is 2.48. The van der Waals surface area contributed by atoms with E-state index in [4.69, 9.17) is 0 Å². The fourth-order valence-corrected chi connectivity index (χ4v) is 2.81. The summed E-state index contributed by atoms with van der Waals surface area (Å²) in [5.41, 5.74) is 0.686. The molecule has 108 valence electrons. The van der Waals surface area contributed by atoms with Crippen molar-refractivity contribution in [2.75, 3.05) is 0 Å². The van der Waals surface area contributed by atoms with Crippen LogP contribution >= 0.6 is 0 Å². The molecule has 0 spiro atoms. The summed E-state index contributed by atoms with van der Waals surface area (Å²) < 4.78 is 0. The molecule has 1 fully saturated rings. The molecule has 1 aliphatic carbocycles. The molecule has 3 heteroatoms. The minimum absolute atomic E-state index is 0.00744. The Labute approximate surface area is 120 Å². The lowest BCUT2D eigenvalue weighted by molar-refractivity contribution is -0.122. The quantitative estimate of drug-likeness (QED) is 0.836. The molecule has 0 aromatic heterocycles. The number of benzene rings is 1. The molecule has 0 aliphatic heterocycles. The molecule has 1 aromatic carbocycles. The predicted molar refractivity (Wildman–Crippen MR) is 79.6 cm³/mol. The smallest absolute Gasteiger partial charge is 0.220 e. The van der Waals surface area contributed by atoms with E-state index < -0.39 is 0 Å². The minimum atomic E-state index is 0.00744. The van der Waals surface area contributed by atoms with Gasteiger partial charge in [-0.25, -0.2) is 0 Å². The Morgan fingerprint density at radius 1 is 1.10 bits per heavy atom. The third-order valence-corrected chi connectivity index (χ3v) is 4.13. The van der Waals surface area contributed by atoms with Gasteiger partial charge in [0.25, 0.3) is 0 Å². The third kappa shape index (κ3) is 4.19. The van der Waals surface area contributed by atoms with Gasteiger partial charge in [0, 0.05) is 24.4 Å². The fourth-order valence-electron chi connectivity index (χ4n) is 2.81. The van der Waals surface area contributed by atoms with E-state index in [-0.39, 0.29) is 24.5 Å². The molecule has 1 N–H and O–H groups in total. The first kappa shape index (κ1) is 14.8. The van der Waals surface area contributed by atoms with E-state index in [9.17, 15) is 9.59 Å². The van der Waals surface area contributed by atoms with Gasteiger partial charge in [0.1, 0.15) is 0 Å². The lowest BCUT2D eigenvalue weighted by Gasteiger charge is -2.29. The maximum atomic E-state index is 11.9. The van der Waals surface area contributed by atoms with E-state index in [1.165, 1.54) is 19.3 Å². The van der Waals surface area contributed by atoms with Crippen LogP contribution in [0.25, 0.3) is 0 Å². The Hall–Kier alpha value is -1.64. The second-order valence-corrected chi connectivity index (χ2v) is 5.72. The maximum Gasteiger partial charge on any atom is 0.220 e. The maximum absolute atomic E-state index is 11.9. The summed E-state index contributed by atoms with van der Waals surface area (Å²) >= 11 is 0. The molecule has 20 heavy (non-hydrogen) atoms. The van der Waals surface area contributed by atoms with Crippen molar-refractivity contribution in [1.82, 2.24) is 5.32 Å². The van der Waals surface area contributed by atoms with Crippen molar-refractivity contribution < 1.29 is 9.59 Å². The number of rotatable bonds is 5. The van der Waals surface area contributed by atoms with Gasteiger partial charge in [-0.1, -0.05) is 50.1 Å². The number of carbonyl (C=O) groups is 2. The highest BCUT2D eigenvalue weighted by atomic mass is 16.2. The van der Waals surface area contributed by atoms with E-state index in [0.29, 0.717) is 17.5 Å². The molecule has 1 aromatic rings. The molecule has 0 unspecified atom stereocenters. The summed E-state index contributed by atoms with van der Waals surface area (Å²) in [6, 6.07) is 9.46. The highest BCUT2D eigenvalue weighted by molar-refractivity contribution is 5.97. The number of nitrogens with one attached hydrogen (secondary N) is 1. The van der Waals surface area contributed by atoms with Crippen molar-refractivity contribution >= 4 is 11.7 Å². The van der Waals surface area contributed by atoms with Gasteiger partial charge in [0.05, 0.1) is 0 Å². The predicted octanol–water partition coefficient (Wildman–Crippen LogP) is 3.34. The van der Waals surface area contributed by atoms with Crippen molar-refractivity contribution in [3.63, 3.8) is 0 Å². The second-order valence-electron chi connectivity index (χ2n) is 5.72. The summed E-state index contributed by atoms with van der Waals surface area (Å²) in [6.07, 6.45) is 5.29. The van der Waals surface area contributed by atoms with Gasteiger partial charge < -0.3 is 5.32 Å². The molecule has 0 radical (unpaired) electrons. The SMILES string of the molecule is C[C@H]1CCCC[C@H]1NC(=O)CCC(=O)c1ccccc1. The number of hydrogen-bond donors (Lipinski definition) is 1. The molecule has 2 atom stereocenters. The molecule has 0 bridgehead atoms. The largest absolute Gasteiger partial charge is 0.353 e. The van der Waals surface area contributed by atoms with Crippen LogP contribution in [0.15, 0.2) is 30.3 Å². The standard InChI is InChI=1S/C17H23NO2/c1-13-7-5-6-10-15(13)18-17(20)12-11-16(19)14-8-3-2-4-9-14/h2-4,8-9,13,15H,5-7,10-12H2,1H3,(H,18,20)/t13-,15+/m0/s1. The number of hydrogen-bond acceptors (Lipinski definition) is 2.